The summed E-state index contributed by atoms with van der Waals surface area (Å²) in [5, 5.41) is 3.37. The van der Waals surface area contributed by atoms with E-state index in [4.69, 9.17) is 0 Å². The molecule has 0 saturated carbocycles. The summed E-state index contributed by atoms with van der Waals surface area (Å²) in [5.41, 5.74) is 0. The maximum atomic E-state index is 11.9. The molecule has 1 heterocycles. The Morgan fingerprint density at radius 3 is 2.75 bits per heavy atom. The molecule has 1 unspecified atom stereocenters. The number of halogens is 3. The van der Waals surface area contributed by atoms with Crippen molar-refractivity contribution in [2.24, 2.45) is 0 Å². The van der Waals surface area contributed by atoms with Crippen LogP contribution in [0.3, 0.4) is 0 Å². The van der Waals surface area contributed by atoms with Crippen molar-refractivity contribution in [3.05, 3.63) is 0 Å². The fourth-order valence-corrected chi connectivity index (χ4v) is 2.06. The number of rotatable bonds is 4. The van der Waals surface area contributed by atoms with E-state index >= 15 is 0 Å². The Morgan fingerprint density at radius 2 is 2.06 bits per heavy atom. The molecule has 1 saturated heterocycles. The molecule has 0 aliphatic carbocycles. The molecule has 1 N–H and O–H groups in total. The Morgan fingerprint density at radius 1 is 1.31 bits per heavy atom. The predicted molar refractivity (Wildman–Crippen MR) is 58.4 cm³/mol. The van der Waals surface area contributed by atoms with Crippen LogP contribution in [0.5, 0.6) is 0 Å². The number of alkyl halides is 3. The third-order valence-electron chi connectivity index (χ3n) is 2.86. The molecular weight excluding hydrogens is 217 g/mol. The first-order chi connectivity index (χ1) is 7.47. The molecule has 1 aliphatic heterocycles. The highest BCUT2D eigenvalue weighted by atomic mass is 19.4. The number of unbranched alkanes of at least 4 members (excludes halogenated alkanes) is 1. The Labute approximate surface area is 95.2 Å². The lowest BCUT2D eigenvalue weighted by Gasteiger charge is -2.22. The lowest BCUT2D eigenvalue weighted by Crippen LogP contribution is -2.35. The zero-order valence-corrected chi connectivity index (χ0v) is 9.82. The highest BCUT2D eigenvalue weighted by Crippen LogP contribution is 2.22. The van der Waals surface area contributed by atoms with Crippen LogP contribution in [0.1, 0.15) is 32.6 Å². The van der Waals surface area contributed by atoms with E-state index in [1.165, 1.54) is 0 Å². The van der Waals surface area contributed by atoms with Gasteiger partial charge in [-0.3, -0.25) is 0 Å². The third-order valence-corrected chi connectivity index (χ3v) is 2.86. The molecule has 16 heavy (non-hydrogen) atoms. The largest absolute Gasteiger partial charge is 0.389 e. The lowest BCUT2D eigenvalue weighted by atomic mass is 10.2. The van der Waals surface area contributed by atoms with Crippen molar-refractivity contribution in [2.45, 2.75) is 44.8 Å². The van der Waals surface area contributed by atoms with Gasteiger partial charge in [0.2, 0.25) is 0 Å². The molecule has 0 amide bonds. The van der Waals surface area contributed by atoms with Crippen molar-refractivity contribution in [1.29, 1.82) is 0 Å². The molecule has 0 radical (unpaired) electrons. The number of nitrogens with zero attached hydrogens (tertiary/aromatic N) is 1. The van der Waals surface area contributed by atoms with Crippen molar-refractivity contribution in [3.8, 4) is 0 Å². The van der Waals surface area contributed by atoms with E-state index in [0.717, 1.165) is 32.6 Å². The molecule has 5 heteroatoms. The summed E-state index contributed by atoms with van der Waals surface area (Å²) in [7, 11) is 0. The monoisotopic (exact) mass is 238 g/mol. The SMILES string of the molecule is CC1CN(CCCCC(F)(F)F)CCCN1. The molecule has 0 aromatic heterocycles. The first kappa shape index (κ1) is 13.8. The molecular formula is C11H21F3N2. The number of nitrogens with one attached hydrogen (secondary N) is 1. The summed E-state index contributed by atoms with van der Waals surface area (Å²) in [6.45, 7) is 5.88. The maximum Gasteiger partial charge on any atom is 0.389 e. The van der Waals surface area contributed by atoms with Crippen LogP contribution in [0, 0.1) is 0 Å². The summed E-state index contributed by atoms with van der Waals surface area (Å²) < 4.78 is 35.8. The molecule has 1 rings (SSSR count). The summed E-state index contributed by atoms with van der Waals surface area (Å²) >= 11 is 0. The van der Waals surface area contributed by atoms with Gasteiger partial charge in [0, 0.05) is 19.0 Å². The number of hydrogen-bond donors (Lipinski definition) is 1. The Kier molecular flexibility index (Phi) is 5.55. The minimum Gasteiger partial charge on any atom is -0.313 e. The molecule has 1 fully saturated rings. The quantitative estimate of drug-likeness (QED) is 0.757. The maximum absolute atomic E-state index is 11.9. The molecule has 1 atom stereocenters. The minimum atomic E-state index is -3.99. The van der Waals surface area contributed by atoms with Crippen molar-refractivity contribution < 1.29 is 13.2 Å². The van der Waals surface area contributed by atoms with Gasteiger partial charge in [-0.2, -0.15) is 13.2 Å². The third kappa shape index (κ3) is 6.33. The van der Waals surface area contributed by atoms with Gasteiger partial charge in [-0.1, -0.05) is 0 Å². The smallest absolute Gasteiger partial charge is 0.313 e. The standard InChI is InChI=1S/C11H21F3N2/c1-10-9-16(8-4-6-15-10)7-3-2-5-11(12,13)14/h10,15H,2-9H2,1H3. The fraction of sp³-hybridized carbons (Fsp3) is 1.00. The topological polar surface area (TPSA) is 15.3 Å². The average molecular weight is 238 g/mol. The Balaban J connectivity index is 2.11. The van der Waals surface area contributed by atoms with Gasteiger partial charge in [0.1, 0.15) is 0 Å². The Bertz CT molecular complexity index is 194. The highest BCUT2D eigenvalue weighted by Gasteiger charge is 2.26. The average Bonchev–Trinajstić information content (AvgIpc) is 2.36. The fourth-order valence-electron chi connectivity index (χ4n) is 2.06. The molecule has 0 aromatic carbocycles. The van der Waals surface area contributed by atoms with E-state index in [1.807, 2.05) is 0 Å². The van der Waals surface area contributed by atoms with Crippen LogP contribution < -0.4 is 5.32 Å². The summed E-state index contributed by atoms with van der Waals surface area (Å²) in [6, 6.07) is 0.449. The second kappa shape index (κ2) is 6.45. The van der Waals surface area contributed by atoms with Crippen LogP contribution in [-0.4, -0.2) is 43.3 Å². The second-order valence-electron chi connectivity index (χ2n) is 4.58. The lowest BCUT2D eigenvalue weighted by molar-refractivity contribution is -0.135. The molecule has 2 nitrogen and oxygen atoms in total. The molecule has 1 aliphatic rings. The van der Waals surface area contributed by atoms with Crippen LogP contribution in [0.15, 0.2) is 0 Å². The van der Waals surface area contributed by atoms with Crippen molar-refractivity contribution in [1.82, 2.24) is 10.2 Å². The van der Waals surface area contributed by atoms with Crippen molar-refractivity contribution in [3.63, 3.8) is 0 Å². The van der Waals surface area contributed by atoms with E-state index in [2.05, 4.69) is 17.1 Å². The van der Waals surface area contributed by atoms with E-state index in [0.29, 0.717) is 12.5 Å². The normalized spacial score (nSPS) is 24.4. The zero-order chi connectivity index (χ0) is 12.0. The van der Waals surface area contributed by atoms with E-state index in [9.17, 15) is 13.2 Å². The van der Waals surface area contributed by atoms with E-state index < -0.39 is 12.6 Å². The van der Waals surface area contributed by atoms with Crippen LogP contribution in [-0.2, 0) is 0 Å². The second-order valence-corrected chi connectivity index (χ2v) is 4.58. The summed E-state index contributed by atoms with van der Waals surface area (Å²) in [5.74, 6) is 0. The first-order valence-corrected chi connectivity index (χ1v) is 6.00. The molecule has 0 bridgehead atoms. The molecule has 96 valence electrons. The van der Waals surface area contributed by atoms with Gasteiger partial charge in [0.15, 0.2) is 0 Å². The van der Waals surface area contributed by atoms with Gasteiger partial charge >= 0.3 is 6.18 Å². The van der Waals surface area contributed by atoms with Gasteiger partial charge in [0.05, 0.1) is 0 Å². The number of hydrogen-bond acceptors (Lipinski definition) is 2. The van der Waals surface area contributed by atoms with Crippen LogP contribution in [0.2, 0.25) is 0 Å². The summed E-state index contributed by atoms with van der Waals surface area (Å²) in [4.78, 5) is 2.26. The molecule has 0 spiro atoms. The van der Waals surface area contributed by atoms with E-state index in [-0.39, 0.29) is 6.42 Å². The van der Waals surface area contributed by atoms with Gasteiger partial charge < -0.3 is 10.2 Å². The molecule has 0 aromatic rings. The van der Waals surface area contributed by atoms with Gasteiger partial charge in [-0.05, 0) is 45.8 Å². The van der Waals surface area contributed by atoms with Crippen molar-refractivity contribution in [2.75, 3.05) is 26.2 Å². The van der Waals surface area contributed by atoms with Gasteiger partial charge in [0.25, 0.3) is 0 Å². The Hall–Kier alpha value is -0.290. The van der Waals surface area contributed by atoms with E-state index in [1.54, 1.807) is 0 Å². The zero-order valence-electron chi connectivity index (χ0n) is 9.82. The van der Waals surface area contributed by atoms with Gasteiger partial charge in [-0.15, -0.1) is 0 Å². The van der Waals surface area contributed by atoms with Gasteiger partial charge in [-0.25, -0.2) is 0 Å². The van der Waals surface area contributed by atoms with Crippen LogP contribution in [0.4, 0.5) is 13.2 Å². The first-order valence-electron chi connectivity index (χ1n) is 6.00. The van der Waals surface area contributed by atoms with Crippen molar-refractivity contribution >= 4 is 0 Å². The van der Waals surface area contributed by atoms with Crippen LogP contribution in [0.25, 0.3) is 0 Å². The summed E-state index contributed by atoms with van der Waals surface area (Å²) in [6.07, 6.45) is -2.65. The highest BCUT2D eigenvalue weighted by molar-refractivity contribution is 4.72. The predicted octanol–water partition coefficient (Wildman–Crippen LogP) is 2.40. The minimum absolute atomic E-state index is 0.252. The van der Waals surface area contributed by atoms with Crippen LogP contribution >= 0.6 is 0 Å².